The average molecular weight is 299 g/mol. The second-order valence-corrected chi connectivity index (χ2v) is 6.68. The number of hydrogen-bond donors (Lipinski definition) is 2. The van der Waals surface area contributed by atoms with E-state index in [1.807, 2.05) is 18.2 Å². The van der Waals surface area contributed by atoms with Crippen LogP contribution in [-0.4, -0.2) is 17.4 Å². The normalized spacial score (nSPS) is 16.0. The molecule has 0 unspecified atom stereocenters. The Morgan fingerprint density at radius 3 is 3.05 bits per heavy atom. The van der Waals surface area contributed by atoms with Crippen LogP contribution >= 0.6 is 11.3 Å². The van der Waals surface area contributed by atoms with E-state index in [0.29, 0.717) is 5.56 Å². The maximum Gasteiger partial charge on any atom is 0.257 e. The summed E-state index contributed by atoms with van der Waals surface area (Å²) in [4.78, 5) is 18.3. The van der Waals surface area contributed by atoms with Gasteiger partial charge < -0.3 is 5.32 Å². The van der Waals surface area contributed by atoms with Crippen molar-refractivity contribution < 1.29 is 4.79 Å². The summed E-state index contributed by atoms with van der Waals surface area (Å²) < 4.78 is 0. The predicted molar refractivity (Wildman–Crippen MR) is 85.3 cm³/mol. The van der Waals surface area contributed by atoms with Crippen molar-refractivity contribution >= 4 is 28.1 Å². The first-order valence-electron chi connectivity index (χ1n) is 7.46. The minimum atomic E-state index is -0.0594. The van der Waals surface area contributed by atoms with Crippen molar-refractivity contribution in [1.82, 2.24) is 4.98 Å². The van der Waals surface area contributed by atoms with Crippen LogP contribution in [0.2, 0.25) is 0 Å². The lowest BCUT2D eigenvalue weighted by Gasteiger charge is -2.06. The van der Waals surface area contributed by atoms with Gasteiger partial charge in [-0.2, -0.15) is 0 Å². The zero-order valence-electron chi connectivity index (χ0n) is 11.7. The SMILES string of the molecule is O=C(Nc1nc2c(s1)CCCC2)c1ccc2c(c1)CCN2. The quantitative estimate of drug-likeness (QED) is 0.895. The zero-order valence-corrected chi connectivity index (χ0v) is 12.6. The van der Waals surface area contributed by atoms with Gasteiger partial charge in [-0.3, -0.25) is 10.1 Å². The molecule has 1 amide bonds. The number of benzene rings is 1. The third kappa shape index (κ3) is 2.42. The Bertz CT molecular complexity index is 684. The number of nitrogens with one attached hydrogen (secondary N) is 2. The summed E-state index contributed by atoms with van der Waals surface area (Å²) >= 11 is 1.63. The molecule has 0 atom stereocenters. The fourth-order valence-corrected chi connectivity index (χ4v) is 4.07. The van der Waals surface area contributed by atoms with Gasteiger partial charge >= 0.3 is 0 Å². The number of carbonyl (C=O) groups excluding carboxylic acids is 1. The van der Waals surface area contributed by atoms with Crippen LogP contribution in [-0.2, 0) is 19.3 Å². The first-order chi connectivity index (χ1) is 10.3. The largest absolute Gasteiger partial charge is 0.384 e. The van der Waals surface area contributed by atoms with Crippen molar-refractivity contribution in [1.29, 1.82) is 0 Å². The summed E-state index contributed by atoms with van der Waals surface area (Å²) in [5.74, 6) is -0.0594. The van der Waals surface area contributed by atoms with Gasteiger partial charge in [-0.05, 0) is 55.9 Å². The number of nitrogens with zero attached hydrogens (tertiary/aromatic N) is 1. The monoisotopic (exact) mass is 299 g/mol. The number of hydrogen-bond acceptors (Lipinski definition) is 4. The standard InChI is InChI=1S/C16H17N3OS/c20-15(11-5-6-12-10(9-11)7-8-17-12)19-16-18-13-3-1-2-4-14(13)21-16/h5-6,9,17H,1-4,7-8H2,(H,18,19,20). The highest BCUT2D eigenvalue weighted by atomic mass is 32.1. The first-order valence-corrected chi connectivity index (χ1v) is 8.28. The Balaban J connectivity index is 1.54. The smallest absolute Gasteiger partial charge is 0.257 e. The number of aryl methyl sites for hydroxylation is 2. The molecule has 0 saturated heterocycles. The summed E-state index contributed by atoms with van der Waals surface area (Å²) in [5, 5.41) is 7.00. The van der Waals surface area contributed by atoms with Crippen LogP contribution in [0.15, 0.2) is 18.2 Å². The van der Waals surface area contributed by atoms with Crippen molar-refractivity contribution in [3.63, 3.8) is 0 Å². The summed E-state index contributed by atoms with van der Waals surface area (Å²) in [6.45, 7) is 0.958. The summed E-state index contributed by atoms with van der Waals surface area (Å²) in [6, 6.07) is 5.85. The Hall–Kier alpha value is -1.88. The van der Waals surface area contributed by atoms with Gasteiger partial charge in [0.15, 0.2) is 5.13 Å². The molecule has 2 N–H and O–H groups in total. The Morgan fingerprint density at radius 1 is 1.24 bits per heavy atom. The van der Waals surface area contributed by atoms with Gasteiger partial charge in [-0.15, -0.1) is 11.3 Å². The van der Waals surface area contributed by atoms with Crippen LogP contribution in [0.25, 0.3) is 0 Å². The summed E-state index contributed by atoms with van der Waals surface area (Å²) in [5.41, 5.74) is 4.27. The van der Waals surface area contributed by atoms with E-state index in [0.717, 1.165) is 36.6 Å². The van der Waals surface area contributed by atoms with Gasteiger partial charge in [-0.25, -0.2) is 4.98 Å². The van der Waals surface area contributed by atoms with Crippen LogP contribution < -0.4 is 10.6 Å². The minimum absolute atomic E-state index is 0.0594. The Kier molecular flexibility index (Phi) is 3.15. The van der Waals surface area contributed by atoms with E-state index in [-0.39, 0.29) is 5.91 Å². The molecule has 0 spiro atoms. The molecule has 1 aromatic carbocycles. The molecule has 1 aliphatic carbocycles. The van der Waals surface area contributed by atoms with Gasteiger partial charge in [0, 0.05) is 22.7 Å². The van der Waals surface area contributed by atoms with Crippen molar-refractivity contribution in [2.75, 3.05) is 17.2 Å². The highest BCUT2D eigenvalue weighted by Crippen LogP contribution is 2.30. The van der Waals surface area contributed by atoms with Gasteiger partial charge in [0.2, 0.25) is 0 Å². The molecule has 0 bridgehead atoms. The van der Waals surface area contributed by atoms with E-state index >= 15 is 0 Å². The molecule has 1 aromatic heterocycles. The molecule has 21 heavy (non-hydrogen) atoms. The Labute approximate surface area is 127 Å². The van der Waals surface area contributed by atoms with Crippen molar-refractivity contribution in [3.05, 3.63) is 39.9 Å². The maximum absolute atomic E-state index is 12.4. The molecule has 4 nitrogen and oxygen atoms in total. The lowest BCUT2D eigenvalue weighted by molar-refractivity contribution is 0.102. The topological polar surface area (TPSA) is 54.0 Å². The highest BCUT2D eigenvalue weighted by Gasteiger charge is 2.18. The average Bonchev–Trinajstić information content (AvgIpc) is 3.11. The zero-order chi connectivity index (χ0) is 14.2. The molecule has 108 valence electrons. The van der Waals surface area contributed by atoms with Gasteiger partial charge in [0.05, 0.1) is 5.69 Å². The van der Waals surface area contributed by atoms with E-state index in [1.165, 1.54) is 29.0 Å². The summed E-state index contributed by atoms with van der Waals surface area (Å²) in [7, 11) is 0. The molecule has 1 aliphatic heterocycles. The van der Waals surface area contributed by atoms with Crippen LogP contribution in [0.4, 0.5) is 10.8 Å². The number of thiazole rings is 1. The number of aromatic nitrogens is 1. The van der Waals surface area contributed by atoms with Crippen LogP contribution in [0.3, 0.4) is 0 Å². The van der Waals surface area contributed by atoms with Crippen molar-refractivity contribution in [2.24, 2.45) is 0 Å². The van der Waals surface area contributed by atoms with E-state index in [1.54, 1.807) is 11.3 Å². The molecular formula is C16H17N3OS. The lowest BCUT2D eigenvalue weighted by atomic mass is 10.0. The lowest BCUT2D eigenvalue weighted by Crippen LogP contribution is -2.12. The fraction of sp³-hybridized carbons (Fsp3) is 0.375. The first kappa shape index (κ1) is 12.8. The molecule has 5 heteroatoms. The second kappa shape index (κ2) is 5.15. The number of amides is 1. The molecule has 2 heterocycles. The van der Waals surface area contributed by atoms with Crippen LogP contribution in [0.1, 0.15) is 39.3 Å². The maximum atomic E-state index is 12.4. The Morgan fingerprint density at radius 2 is 2.14 bits per heavy atom. The molecule has 0 fully saturated rings. The number of fused-ring (bicyclic) bond motifs is 2. The van der Waals surface area contributed by atoms with Gasteiger partial charge in [0.1, 0.15) is 0 Å². The van der Waals surface area contributed by atoms with E-state index in [4.69, 9.17) is 0 Å². The van der Waals surface area contributed by atoms with E-state index in [2.05, 4.69) is 15.6 Å². The number of anilines is 2. The van der Waals surface area contributed by atoms with Gasteiger partial charge in [-0.1, -0.05) is 0 Å². The molecule has 2 aromatic rings. The van der Waals surface area contributed by atoms with Gasteiger partial charge in [0.25, 0.3) is 5.91 Å². The molecular weight excluding hydrogens is 282 g/mol. The third-order valence-corrected chi connectivity index (χ3v) is 5.22. The highest BCUT2D eigenvalue weighted by molar-refractivity contribution is 7.15. The second-order valence-electron chi connectivity index (χ2n) is 5.60. The molecule has 0 radical (unpaired) electrons. The number of rotatable bonds is 2. The van der Waals surface area contributed by atoms with Crippen molar-refractivity contribution in [3.8, 4) is 0 Å². The van der Waals surface area contributed by atoms with Crippen LogP contribution in [0, 0.1) is 0 Å². The number of carbonyl (C=O) groups is 1. The predicted octanol–water partition coefficient (Wildman–Crippen LogP) is 3.24. The third-order valence-electron chi connectivity index (χ3n) is 4.14. The fourth-order valence-electron chi connectivity index (χ4n) is 3.02. The van der Waals surface area contributed by atoms with Crippen LogP contribution in [0.5, 0.6) is 0 Å². The van der Waals surface area contributed by atoms with Crippen molar-refractivity contribution in [2.45, 2.75) is 32.1 Å². The van der Waals surface area contributed by atoms with E-state index in [9.17, 15) is 4.79 Å². The molecule has 0 saturated carbocycles. The summed E-state index contributed by atoms with van der Waals surface area (Å²) in [6.07, 6.45) is 5.59. The van der Waals surface area contributed by atoms with E-state index < -0.39 is 0 Å². The minimum Gasteiger partial charge on any atom is -0.384 e. The molecule has 4 rings (SSSR count). The molecule has 2 aliphatic rings.